The predicted octanol–water partition coefficient (Wildman–Crippen LogP) is 2.49. The Labute approximate surface area is 129 Å². The van der Waals surface area contributed by atoms with E-state index in [2.05, 4.69) is 9.71 Å². The highest BCUT2D eigenvalue weighted by Gasteiger charge is 2.10. The first-order valence-corrected chi connectivity index (χ1v) is 8.61. The topological polar surface area (TPSA) is 72.2 Å². The zero-order valence-electron chi connectivity index (χ0n) is 11.9. The third-order valence-electron chi connectivity index (χ3n) is 3.33. The zero-order chi connectivity index (χ0) is 15.4. The predicted molar refractivity (Wildman–Crippen MR) is 84.8 cm³/mol. The first-order chi connectivity index (χ1) is 10.6. The second-order valence-electron chi connectivity index (χ2n) is 5.04. The van der Waals surface area contributed by atoms with E-state index < -0.39 is 10.0 Å². The fraction of sp³-hybridized carbons (Fsp3) is 0.188. The molecule has 0 aliphatic carbocycles. The first kappa shape index (κ1) is 14.7. The van der Waals surface area contributed by atoms with Crippen LogP contribution in [-0.2, 0) is 22.2 Å². The van der Waals surface area contributed by atoms with Crippen molar-refractivity contribution in [3.63, 3.8) is 0 Å². The molecule has 1 N–H and O–H groups in total. The number of sulfonamides is 1. The van der Waals surface area contributed by atoms with Crippen molar-refractivity contribution in [1.29, 1.82) is 0 Å². The normalized spacial score (nSPS) is 11.8. The summed E-state index contributed by atoms with van der Waals surface area (Å²) in [5, 5.41) is 0. The Morgan fingerprint density at radius 1 is 1.05 bits per heavy atom. The molecule has 0 spiro atoms. The van der Waals surface area contributed by atoms with E-state index in [1.54, 1.807) is 12.1 Å². The van der Waals surface area contributed by atoms with Gasteiger partial charge in [0.05, 0.1) is 5.75 Å². The van der Waals surface area contributed by atoms with Gasteiger partial charge in [0.1, 0.15) is 5.52 Å². The lowest BCUT2D eigenvalue weighted by Gasteiger charge is -2.07. The highest BCUT2D eigenvalue weighted by Crippen LogP contribution is 2.14. The van der Waals surface area contributed by atoms with Crippen molar-refractivity contribution in [3.8, 4) is 0 Å². The highest BCUT2D eigenvalue weighted by molar-refractivity contribution is 7.88. The summed E-state index contributed by atoms with van der Waals surface area (Å²) in [5.41, 5.74) is 3.31. The van der Waals surface area contributed by atoms with Gasteiger partial charge in [-0.2, -0.15) is 0 Å². The first-order valence-electron chi connectivity index (χ1n) is 6.96. The molecule has 6 heteroatoms. The molecule has 0 aliphatic heterocycles. The molecule has 0 radical (unpaired) electrons. The Kier molecular flexibility index (Phi) is 4.22. The summed E-state index contributed by atoms with van der Waals surface area (Å²) in [6, 6.07) is 14.8. The molecule has 5 nitrogen and oxygen atoms in total. The summed E-state index contributed by atoms with van der Waals surface area (Å²) in [6.07, 6.45) is 2.01. The molecule has 0 aliphatic rings. The molecule has 2 aromatic carbocycles. The summed E-state index contributed by atoms with van der Waals surface area (Å²) < 4.78 is 31.8. The van der Waals surface area contributed by atoms with Gasteiger partial charge in [-0.05, 0) is 29.7 Å². The molecule has 0 fully saturated rings. The van der Waals surface area contributed by atoms with Gasteiger partial charge in [0.25, 0.3) is 0 Å². The molecule has 114 valence electrons. The Balaban J connectivity index is 1.57. The van der Waals surface area contributed by atoms with Crippen LogP contribution in [0.1, 0.15) is 11.1 Å². The van der Waals surface area contributed by atoms with Crippen LogP contribution in [-0.4, -0.2) is 19.9 Å². The Hall–Kier alpha value is -2.18. The average Bonchev–Trinajstić information content (AvgIpc) is 2.95. The maximum atomic E-state index is 12.0. The average molecular weight is 316 g/mol. The van der Waals surface area contributed by atoms with E-state index in [1.165, 1.54) is 6.39 Å². The van der Waals surface area contributed by atoms with E-state index in [4.69, 9.17) is 4.42 Å². The van der Waals surface area contributed by atoms with Crippen LogP contribution in [0.5, 0.6) is 0 Å². The molecule has 0 atom stereocenters. The number of nitrogens with zero attached hydrogens (tertiary/aromatic N) is 1. The van der Waals surface area contributed by atoms with E-state index in [9.17, 15) is 8.42 Å². The van der Waals surface area contributed by atoms with Crippen molar-refractivity contribution in [2.45, 2.75) is 12.2 Å². The van der Waals surface area contributed by atoms with Gasteiger partial charge >= 0.3 is 0 Å². The minimum absolute atomic E-state index is 0.00381. The van der Waals surface area contributed by atoms with Gasteiger partial charge in [-0.15, -0.1) is 0 Å². The van der Waals surface area contributed by atoms with E-state index in [0.29, 0.717) is 13.0 Å². The molecule has 3 aromatic rings. The van der Waals surface area contributed by atoms with Crippen molar-refractivity contribution in [3.05, 3.63) is 66.1 Å². The Morgan fingerprint density at radius 2 is 1.86 bits per heavy atom. The van der Waals surface area contributed by atoms with Crippen LogP contribution in [0, 0.1) is 0 Å². The lowest BCUT2D eigenvalue weighted by atomic mass is 10.1. The van der Waals surface area contributed by atoms with Crippen LogP contribution >= 0.6 is 0 Å². The lowest BCUT2D eigenvalue weighted by molar-refractivity contribution is 0.580. The number of fused-ring (bicyclic) bond motifs is 1. The summed E-state index contributed by atoms with van der Waals surface area (Å²) in [7, 11) is -3.32. The summed E-state index contributed by atoms with van der Waals surface area (Å²) in [5.74, 6) is -0.00381. The van der Waals surface area contributed by atoms with Gasteiger partial charge in [0, 0.05) is 6.54 Å². The van der Waals surface area contributed by atoms with Gasteiger partial charge in [-0.3, -0.25) is 0 Å². The lowest BCUT2D eigenvalue weighted by Crippen LogP contribution is -2.27. The van der Waals surface area contributed by atoms with E-state index in [0.717, 1.165) is 22.2 Å². The van der Waals surface area contributed by atoms with Gasteiger partial charge in [0.15, 0.2) is 12.0 Å². The van der Waals surface area contributed by atoms with Crippen LogP contribution in [0.3, 0.4) is 0 Å². The molecule has 22 heavy (non-hydrogen) atoms. The smallest absolute Gasteiger partial charge is 0.215 e. The molecular formula is C16H16N2O3S. The molecule has 3 rings (SSSR count). The van der Waals surface area contributed by atoms with Gasteiger partial charge in [0.2, 0.25) is 10.0 Å². The largest absolute Gasteiger partial charge is 0.443 e. The fourth-order valence-electron chi connectivity index (χ4n) is 2.25. The maximum absolute atomic E-state index is 12.0. The summed E-state index contributed by atoms with van der Waals surface area (Å²) in [4.78, 5) is 4.09. The van der Waals surface area contributed by atoms with Gasteiger partial charge < -0.3 is 4.42 Å². The number of aromatic nitrogens is 1. The number of hydrogen-bond donors (Lipinski definition) is 1. The van der Waals surface area contributed by atoms with Crippen LogP contribution in [0.4, 0.5) is 0 Å². The third-order valence-corrected chi connectivity index (χ3v) is 4.69. The second-order valence-corrected chi connectivity index (χ2v) is 6.85. The van der Waals surface area contributed by atoms with Gasteiger partial charge in [-0.1, -0.05) is 36.4 Å². The zero-order valence-corrected chi connectivity index (χ0v) is 12.7. The fourth-order valence-corrected chi connectivity index (χ4v) is 3.40. The number of benzene rings is 2. The number of nitrogens with one attached hydrogen (secondary N) is 1. The van der Waals surface area contributed by atoms with Gasteiger partial charge in [-0.25, -0.2) is 18.1 Å². The third kappa shape index (κ3) is 3.72. The highest BCUT2D eigenvalue weighted by atomic mass is 32.2. The molecule has 0 bridgehead atoms. The van der Waals surface area contributed by atoms with Crippen molar-refractivity contribution in [2.24, 2.45) is 0 Å². The number of hydrogen-bond acceptors (Lipinski definition) is 4. The minimum atomic E-state index is -3.32. The molecule has 0 amide bonds. The molecule has 0 saturated carbocycles. The van der Waals surface area contributed by atoms with Crippen LogP contribution in [0.15, 0.2) is 59.3 Å². The van der Waals surface area contributed by atoms with Crippen LogP contribution in [0.25, 0.3) is 11.1 Å². The van der Waals surface area contributed by atoms with E-state index >= 15 is 0 Å². The molecule has 0 unspecified atom stereocenters. The second kappa shape index (κ2) is 6.29. The van der Waals surface area contributed by atoms with Crippen LogP contribution in [0.2, 0.25) is 0 Å². The van der Waals surface area contributed by atoms with Crippen molar-refractivity contribution >= 4 is 21.1 Å². The SMILES string of the molecule is O=S(=O)(Cc1ccccc1)NCCc1ccc2ocnc2c1. The number of oxazole rings is 1. The summed E-state index contributed by atoms with van der Waals surface area (Å²) >= 11 is 0. The molecular weight excluding hydrogens is 300 g/mol. The Bertz CT molecular complexity index is 857. The monoisotopic (exact) mass is 316 g/mol. The quantitative estimate of drug-likeness (QED) is 0.758. The van der Waals surface area contributed by atoms with Crippen molar-refractivity contribution in [1.82, 2.24) is 9.71 Å². The maximum Gasteiger partial charge on any atom is 0.215 e. The van der Waals surface area contributed by atoms with Crippen molar-refractivity contribution in [2.75, 3.05) is 6.54 Å². The van der Waals surface area contributed by atoms with Crippen molar-refractivity contribution < 1.29 is 12.8 Å². The minimum Gasteiger partial charge on any atom is -0.443 e. The van der Waals surface area contributed by atoms with Crippen LogP contribution < -0.4 is 4.72 Å². The molecule has 1 aromatic heterocycles. The molecule has 1 heterocycles. The Morgan fingerprint density at radius 3 is 2.68 bits per heavy atom. The summed E-state index contributed by atoms with van der Waals surface area (Å²) in [6.45, 7) is 0.360. The standard InChI is InChI=1S/C16H16N2O3S/c19-22(20,11-14-4-2-1-3-5-14)18-9-8-13-6-7-16-15(10-13)17-12-21-16/h1-7,10,12,18H,8-9,11H2. The number of rotatable bonds is 6. The molecule has 0 saturated heterocycles. The van der Waals surface area contributed by atoms with E-state index in [-0.39, 0.29) is 5.75 Å². The van der Waals surface area contributed by atoms with E-state index in [1.807, 2.05) is 36.4 Å².